The first-order chi connectivity index (χ1) is 25.8. The van der Waals surface area contributed by atoms with Crippen LogP contribution in [0.4, 0.5) is 17.1 Å². The first-order valence-electron chi connectivity index (χ1n) is 17.8. The summed E-state index contributed by atoms with van der Waals surface area (Å²) in [5, 5.41) is 7.60. The van der Waals surface area contributed by atoms with Crippen molar-refractivity contribution in [3.05, 3.63) is 200 Å². The van der Waals surface area contributed by atoms with Gasteiger partial charge in [-0.05, 0) is 68.9 Å². The highest BCUT2D eigenvalue weighted by molar-refractivity contribution is 7.27. The minimum atomic E-state index is 1.12. The number of hydrogen-bond acceptors (Lipinski definition) is 2. The predicted molar refractivity (Wildman–Crippen MR) is 225 cm³/mol. The topological polar surface area (TPSA) is 3.24 Å². The summed E-state index contributed by atoms with van der Waals surface area (Å²) in [4.78, 5) is 2.45. The Morgan fingerprint density at radius 3 is 1.63 bits per heavy atom. The molecule has 244 valence electrons. The van der Waals surface area contributed by atoms with E-state index >= 15 is 0 Å². The van der Waals surface area contributed by atoms with Crippen molar-refractivity contribution in [3.8, 4) is 33.4 Å². The molecule has 52 heavy (non-hydrogen) atoms. The quantitative estimate of drug-likeness (QED) is 0.169. The predicted octanol–water partition coefficient (Wildman–Crippen LogP) is 14.8. The van der Waals surface area contributed by atoms with Crippen LogP contribution in [0.2, 0.25) is 0 Å². The Morgan fingerprint density at radius 1 is 0.308 bits per heavy atom. The summed E-state index contributed by atoms with van der Waals surface area (Å²) in [7, 11) is 0. The van der Waals surface area contributed by atoms with Crippen LogP contribution in [0.1, 0.15) is 0 Å². The molecule has 0 unspecified atom stereocenters. The lowest BCUT2D eigenvalue weighted by atomic mass is 9.96. The molecule has 10 rings (SSSR count). The maximum atomic E-state index is 2.45. The van der Waals surface area contributed by atoms with Crippen molar-refractivity contribution in [1.82, 2.24) is 0 Å². The van der Waals surface area contributed by atoms with Crippen LogP contribution in [0, 0.1) is 0 Å². The number of benzene rings is 9. The Kier molecular flexibility index (Phi) is 7.41. The average molecular weight is 680 g/mol. The van der Waals surface area contributed by atoms with Gasteiger partial charge in [-0.3, -0.25) is 0 Å². The molecule has 1 nitrogen and oxygen atoms in total. The monoisotopic (exact) mass is 679 g/mol. The van der Waals surface area contributed by atoms with Crippen molar-refractivity contribution in [2.75, 3.05) is 4.90 Å². The van der Waals surface area contributed by atoms with Gasteiger partial charge in [-0.1, -0.05) is 170 Å². The van der Waals surface area contributed by atoms with Crippen molar-refractivity contribution >= 4 is 70.1 Å². The van der Waals surface area contributed by atoms with Gasteiger partial charge in [0.15, 0.2) is 0 Å². The Labute approximate surface area is 307 Å². The zero-order valence-corrected chi connectivity index (χ0v) is 29.2. The second-order valence-electron chi connectivity index (χ2n) is 13.3. The number of thiophene rings is 1. The molecule has 0 bridgehead atoms. The zero-order valence-electron chi connectivity index (χ0n) is 28.4. The highest BCUT2D eigenvalue weighted by Gasteiger charge is 2.21. The summed E-state index contributed by atoms with van der Waals surface area (Å²) in [6.07, 6.45) is 0. The zero-order chi connectivity index (χ0) is 34.4. The first kappa shape index (κ1) is 30.4. The van der Waals surface area contributed by atoms with Crippen LogP contribution in [-0.4, -0.2) is 0 Å². The van der Waals surface area contributed by atoms with Crippen molar-refractivity contribution in [2.45, 2.75) is 0 Å². The minimum Gasteiger partial charge on any atom is -0.310 e. The number of hydrogen-bond donors (Lipinski definition) is 0. The SMILES string of the molecule is c1ccc(-c2ccc(N(c3cccc(-c4ccccc4)c3)c3cc4c5cccc(-c6cccc7ccccc67)c5sc4c4ccccc34)cc2)cc1. The molecular weight excluding hydrogens is 647 g/mol. The summed E-state index contributed by atoms with van der Waals surface area (Å²) in [5.74, 6) is 0. The Morgan fingerprint density at radius 2 is 0.846 bits per heavy atom. The fourth-order valence-corrected chi connectivity index (χ4v) is 9.12. The van der Waals surface area contributed by atoms with Crippen molar-refractivity contribution in [3.63, 3.8) is 0 Å². The average Bonchev–Trinajstić information content (AvgIpc) is 3.61. The van der Waals surface area contributed by atoms with Crippen LogP contribution in [0.15, 0.2) is 200 Å². The van der Waals surface area contributed by atoms with E-state index in [1.807, 2.05) is 11.3 Å². The number of anilines is 3. The third-order valence-corrected chi connectivity index (χ3v) is 11.5. The molecule has 0 spiro atoms. The van der Waals surface area contributed by atoms with Gasteiger partial charge < -0.3 is 4.90 Å². The van der Waals surface area contributed by atoms with Crippen molar-refractivity contribution in [2.24, 2.45) is 0 Å². The van der Waals surface area contributed by atoms with Crippen LogP contribution in [-0.2, 0) is 0 Å². The molecule has 0 saturated carbocycles. The number of rotatable bonds is 6. The number of fused-ring (bicyclic) bond motifs is 6. The lowest BCUT2D eigenvalue weighted by Gasteiger charge is -2.28. The van der Waals surface area contributed by atoms with Gasteiger partial charge in [0.25, 0.3) is 0 Å². The molecule has 0 amide bonds. The molecule has 9 aromatic carbocycles. The summed E-state index contributed by atoms with van der Waals surface area (Å²) < 4.78 is 2.64. The lowest BCUT2D eigenvalue weighted by Crippen LogP contribution is -2.10. The van der Waals surface area contributed by atoms with E-state index in [0.717, 1.165) is 17.1 Å². The van der Waals surface area contributed by atoms with Crippen molar-refractivity contribution in [1.29, 1.82) is 0 Å². The first-order valence-corrected chi connectivity index (χ1v) is 18.6. The third-order valence-electron chi connectivity index (χ3n) is 10.2. The fraction of sp³-hybridized carbons (Fsp3) is 0. The van der Waals surface area contributed by atoms with Gasteiger partial charge in [-0.15, -0.1) is 11.3 Å². The summed E-state index contributed by atoms with van der Waals surface area (Å²) in [5.41, 5.74) is 10.8. The van der Waals surface area contributed by atoms with Gasteiger partial charge in [0.2, 0.25) is 0 Å². The molecule has 0 saturated heterocycles. The largest absolute Gasteiger partial charge is 0.310 e. The van der Waals surface area contributed by atoms with Gasteiger partial charge in [0.05, 0.1) is 5.69 Å². The van der Waals surface area contributed by atoms with E-state index < -0.39 is 0 Å². The normalized spacial score (nSPS) is 11.5. The van der Waals surface area contributed by atoms with E-state index in [4.69, 9.17) is 0 Å². The maximum Gasteiger partial charge on any atom is 0.0547 e. The molecule has 0 radical (unpaired) electrons. The fourth-order valence-electron chi connectivity index (χ4n) is 7.77. The van der Waals surface area contributed by atoms with Gasteiger partial charge in [-0.25, -0.2) is 0 Å². The van der Waals surface area contributed by atoms with Crippen LogP contribution in [0.5, 0.6) is 0 Å². The minimum absolute atomic E-state index is 1.12. The molecule has 0 N–H and O–H groups in total. The van der Waals surface area contributed by atoms with E-state index in [2.05, 4.69) is 205 Å². The molecule has 2 heteroatoms. The summed E-state index contributed by atoms with van der Waals surface area (Å²) >= 11 is 1.91. The van der Waals surface area contributed by atoms with E-state index in [1.165, 1.54) is 75.1 Å². The van der Waals surface area contributed by atoms with E-state index in [1.54, 1.807) is 0 Å². The van der Waals surface area contributed by atoms with E-state index in [0.29, 0.717) is 0 Å². The molecule has 0 aliphatic heterocycles. The third kappa shape index (κ3) is 5.16. The van der Waals surface area contributed by atoms with E-state index in [-0.39, 0.29) is 0 Å². The van der Waals surface area contributed by atoms with Gasteiger partial charge in [-0.2, -0.15) is 0 Å². The molecule has 10 aromatic rings. The van der Waals surface area contributed by atoms with Gasteiger partial charge in [0, 0.05) is 47.9 Å². The van der Waals surface area contributed by atoms with Gasteiger partial charge in [0.1, 0.15) is 0 Å². The molecule has 1 heterocycles. The lowest BCUT2D eigenvalue weighted by molar-refractivity contribution is 1.30. The standard InChI is InChI=1S/C50H33NS/c1-3-14-34(15-4-1)36-28-30-39(31-29-36)51(40-21-11-20-38(32-40)35-16-5-2-6-17-35)48-33-47-46-27-13-26-44(42-25-12-19-37-18-7-8-22-41(37)42)49(46)52-50(47)45-24-10-9-23-43(45)48/h1-33H. The van der Waals surface area contributed by atoms with Crippen LogP contribution in [0.25, 0.3) is 75.1 Å². The Hall–Kier alpha value is -6.48. The molecular formula is C50H33NS. The summed E-state index contributed by atoms with van der Waals surface area (Å²) in [6, 6.07) is 72.8. The van der Waals surface area contributed by atoms with Gasteiger partial charge >= 0.3 is 0 Å². The maximum absolute atomic E-state index is 2.45. The summed E-state index contributed by atoms with van der Waals surface area (Å²) in [6.45, 7) is 0. The highest BCUT2D eigenvalue weighted by Crippen LogP contribution is 2.49. The Bertz CT molecular complexity index is 2880. The van der Waals surface area contributed by atoms with Crippen LogP contribution in [0.3, 0.4) is 0 Å². The van der Waals surface area contributed by atoms with Crippen molar-refractivity contribution < 1.29 is 0 Å². The smallest absolute Gasteiger partial charge is 0.0547 e. The molecule has 0 atom stereocenters. The molecule has 0 aliphatic rings. The number of nitrogens with zero attached hydrogens (tertiary/aromatic N) is 1. The highest BCUT2D eigenvalue weighted by atomic mass is 32.1. The van der Waals surface area contributed by atoms with Crippen LogP contribution < -0.4 is 4.90 Å². The Balaban J connectivity index is 1.23. The van der Waals surface area contributed by atoms with Crippen LogP contribution >= 0.6 is 11.3 Å². The second-order valence-corrected chi connectivity index (χ2v) is 14.3. The molecule has 0 aliphatic carbocycles. The van der Waals surface area contributed by atoms with E-state index in [9.17, 15) is 0 Å². The second kappa shape index (κ2) is 12.7. The molecule has 1 aromatic heterocycles. The molecule has 0 fully saturated rings.